The standard InChI is InChI=1S/C21H15FN2O4/c1-28-18-5-3-10(8-16(18)22)12-6-14-13-4-2-11(21(26)27)9-17(13)24-19(14)15(7-12)20(23)25/h2-9,24H,1H3,(H2,23,25)(H,26,27)/p-1. The Balaban J connectivity index is 2.01. The summed E-state index contributed by atoms with van der Waals surface area (Å²) in [6, 6.07) is 12.3. The molecule has 0 fully saturated rings. The summed E-state index contributed by atoms with van der Waals surface area (Å²) in [7, 11) is 1.38. The Morgan fingerprint density at radius 2 is 1.82 bits per heavy atom. The second-order valence-corrected chi connectivity index (χ2v) is 6.33. The number of amides is 1. The maximum atomic E-state index is 14.1. The highest BCUT2D eigenvalue weighted by molar-refractivity contribution is 6.16. The number of halogens is 1. The third kappa shape index (κ3) is 2.73. The first-order valence-electron chi connectivity index (χ1n) is 8.33. The molecule has 0 saturated carbocycles. The lowest BCUT2D eigenvalue weighted by atomic mass is 9.98. The molecule has 0 radical (unpaired) electrons. The molecular formula is C21H14FN2O4-. The van der Waals surface area contributed by atoms with Gasteiger partial charge in [-0.3, -0.25) is 4.79 Å². The van der Waals surface area contributed by atoms with Crippen molar-refractivity contribution in [3.05, 3.63) is 65.5 Å². The molecule has 0 unspecified atom stereocenters. The lowest BCUT2D eigenvalue weighted by Gasteiger charge is -2.08. The number of nitrogens with one attached hydrogen (secondary N) is 1. The van der Waals surface area contributed by atoms with Gasteiger partial charge in [0.25, 0.3) is 5.91 Å². The minimum atomic E-state index is -1.30. The molecule has 7 heteroatoms. The smallest absolute Gasteiger partial charge is 0.250 e. The Hall–Kier alpha value is -3.87. The van der Waals surface area contributed by atoms with Crippen LogP contribution < -0.4 is 15.6 Å². The largest absolute Gasteiger partial charge is 0.545 e. The van der Waals surface area contributed by atoms with E-state index in [1.807, 2.05) is 0 Å². The molecular weight excluding hydrogens is 363 g/mol. The van der Waals surface area contributed by atoms with Crippen LogP contribution in [0, 0.1) is 5.82 Å². The molecule has 0 saturated heterocycles. The number of aromatic carboxylic acids is 1. The van der Waals surface area contributed by atoms with E-state index >= 15 is 0 Å². The van der Waals surface area contributed by atoms with Crippen molar-refractivity contribution < 1.29 is 23.8 Å². The van der Waals surface area contributed by atoms with Crippen LogP contribution in [0.2, 0.25) is 0 Å². The number of ether oxygens (including phenoxy) is 1. The third-order valence-corrected chi connectivity index (χ3v) is 4.69. The van der Waals surface area contributed by atoms with E-state index in [1.54, 1.807) is 24.3 Å². The first-order valence-corrected chi connectivity index (χ1v) is 8.33. The predicted octanol–water partition coefficient (Wildman–Crippen LogP) is 2.60. The number of methoxy groups -OCH3 is 1. The molecule has 0 spiro atoms. The molecule has 0 bridgehead atoms. The molecule has 6 nitrogen and oxygen atoms in total. The maximum Gasteiger partial charge on any atom is 0.250 e. The van der Waals surface area contributed by atoms with E-state index < -0.39 is 17.7 Å². The Morgan fingerprint density at radius 1 is 1.04 bits per heavy atom. The molecule has 1 heterocycles. The normalized spacial score (nSPS) is 11.1. The molecule has 0 aliphatic heterocycles. The van der Waals surface area contributed by atoms with E-state index in [0.717, 1.165) is 0 Å². The molecule has 3 N–H and O–H groups in total. The van der Waals surface area contributed by atoms with Gasteiger partial charge >= 0.3 is 0 Å². The molecule has 140 valence electrons. The fraction of sp³-hybridized carbons (Fsp3) is 0.0476. The van der Waals surface area contributed by atoms with Crippen molar-refractivity contribution in [1.29, 1.82) is 0 Å². The van der Waals surface area contributed by atoms with E-state index in [9.17, 15) is 19.1 Å². The number of carboxylic acids is 1. The monoisotopic (exact) mass is 377 g/mol. The fourth-order valence-electron chi connectivity index (χ4n) is 3.34. The van der Waals surface area contributed by atoms with E-state index in [1.165, 1.54) is 31.4 Å². The van der Waals surface area contributed by atoms with Crippen molar-refractivity contribution in [2.75, 3.05) is 7.11 Å². The second-order valence-electron chi connectivity index (χ2n) is 6.33. The van der Waals surface area contributed by atoms with Crippen LogP contribution in [-0.4, -0.2) is 24.0 Å². The molecule has 4 rings (SSSR count). The minimum absolute atomic E-state index is 0.0112. The minimum Gasteiger partial charge on any atom is -0.545 e. The number of H-pyrrole nitrogens is 1. The van der Waals surface area contributed by atoms with Crippen LogP contribution in [0.3, 0.4) is 0 Å². The van der Waals surface area contributed by atoms with Gasteiger partial charge in [-0.25, -0.2) is 4.39 Å². The zero-order valence-electron chi connectivity index (χ0n) is 14.7. The van der Waals surface area contributed by atoms with Gasteiger partial charge in [0.1, 0.15) is 0 Å². The Morgan fingerprint density at radius 3 is 2.46 bits per heavy atom. The molecule has 1 amide bonds. The van der Waals surface area contributed by atoms with Gasteiger partial charge < -0.3 is 25.4 Å². The highest BCUT2D eigenvalue weighted by Gasteiger charge is 2.16. The number of carbonyl (C=O) groups is 2. The van der Waals surface area contributed by atoms with Gasteiger partial charge in [0.15, 0.2) is 11.6 Å². The van der Waals surface area contributed by atoms with Crippen LogP contribution >= 0.6 is 0 Å². The molecule has 0 aliphatic carbocycles. The second kappa shape index (κ2) is 6.38. The number of rotatable bonds is 4. The number of primary amides is 1. The average Bonchev–Trinajstić information content (AvgIpc) is 3.04. The van der Waals surface area contributed by atoms with Crippen LogP contribution in [0.4, 0.5) is 4.39 Å². The summed E-state index contributed by atoms with van der Waals surface area (Å²) in [4.78, 5) is 26.2. The van der Waals surface area contributed by atoms with Crippen molar-refractivity contribution in [3.63, 3.8) is 0 Å². The molecule has 0 atom stereocenters. The van der Waals surface area contributed by atoms with Gasteiger partial charge in [-0.05, 0) is 47.0 Å². The van der Waals surface area contributed by atoms with Crippen LogP contribution in [0.1, 0.15) is 20.7 Å². The van der Waals surface area contributed by atoms with E-state index in [2.05, 4.69) is 4.98 Å². The number of carbonyl (C=O) groups excluding carboxylic acids is 2. The number of aromatic nitrogens is 1. The number of hydrogen-bond donors (Lipinski definition) is 2. The summed E-state index contributed by atoms with van der Waals surface area (Å²) in [5.74, 6) is -2.38. The summed E-state index contributed by atoms with van der Waals surface area (Å²) >= 11 is 0. The lowest BCUT2D eigenvalue weighted by Crippen LogP contribution is -2.21. The van der Waals surface area contributed by atoms with E-state index in [0.29, 0.717) is 32.9 Å². The Labute approximate surface area is 158 Å². The summed E-state index contributed by atoms with van der Waals surface area (Å²) in [5, 5.41) is 12.5. The average molecular weight is 377 g/mol. The van der Waals surface area contributed by atoms with Crippen molar-refractivity contribution >= 4 is 33.7 Å². The molecule has 1 aromatic heterocycles. The van der Waals surface area contributed by atoms with E-state index in [4.69, 9.17) is 10.5 Å². The quantitative estimate of drug-likeness (QED) is 0.570. The van der Waals surface area contributed by atoms with Crippen LogP contribution in [0.25, 0.3) is 32.9 Å². The first kappa shape index (κ1) is 17.5. The molecule has 0 aliphatic rings. The SMILES string of the molecule is COc1ccc(-c2cc(C(N)=O)c3[nH]c4cc(C(=O)[O-])ccc4c3c2)cc1F. The lowest BCUT2D eigenvalue weighted by molar-refractivity contribution is -0.255. The first-order chi connectivity index (χ1) is 13.4. The van der Waals surface area contributed by atoms with Gasteiger partial charge in [0, 0.05) is 16.3 Å². The van der Waals surface area contributed by atoms with Gasteiger partial charge in [-0.2, -0.15) is 0 Å². The van der Waals surface area contributed by atoms with Crippen LogP contribution in [0.15, 0.2) is 48.5 Å². The number of benzene rings is 3. The highest BCUT2D eigenvalue weighted by atomic mass is 19.1. The third-order valence-electron chi connectivity index (χ3n) is 4.69. The maximum absolute atomic E-state index is 14.1. The Kier molecular flexibility index (Phi) is 4.00. The van der Waals surface area contributed by atoms with Gasteiger partial charge in [-0.15, -0.1) is 0 Å². The zero-order valence-corrected chi connectivity index (χ0v) is 14.7. The van der Waals surface area contributed by atoms with Gasteiger partial charge in [-0.1, -0.05) is 18.2 Å². The van der Waals surface area contributed by atoms with Crippen LogP contribution in [-0.2, 0) is 0 Å². The number of aromatic amines is 1. The number of carboxylic acid groups (broad SMARTS) is 1. The Bertz CT molecular complexity index is 1280. The molecule has 3 aromatic carbocycles. The van der Waals surface area contributed by atoms with E-state index in [-0.39, 0.29) is 16.9 Å². The van der Waals surface area contributed by atoms with Gasteiger partial charge in [0.2, 0.25) is 0 Å². The molecule has 28 heavy (non-hydrogen) atoms. The van der Waals surface area contributed by atoms with Crippen molar-refractivity contribution in [2.24, 2.45) is 5.73 Å². The summed E-state index contributed by atoms with van der Waals surface area (Å²) in [6.45, 7) is 0. The highest BCUT2D eigenvalue weighted by Crippen LogP contribution is 2.34. The fourth-order valence-corrected chi connectivity index (χ4v) is 3.34. The number of hydrogen-bond acceptors (Lipinski definition) is 4. The summed E-state index contributed by atoms with van der Waals surface area (Å²) < 4.78 is 19.1. The van der Waals surface area contributed by atoms with Crippen molar-refractivity contribution in [2.45, 2.75) is 0 Å². The molecule has 4 aromatic rings. The van der Waals surface area contributed by atoms with Crippen molar-refractivity contribution in [3.8, 4) is 16.9 Å². The number of fused-ring (bicyclic) bond motifs is 3. The number of nitrogens with two attached hydrogens (primary N) is 1. The van der Waals surface area contributed by atoms with Crippen molar-refractivity contribution in [1.82, 2.24) is 4.98 Å². The predicted molar refractivity (Wildman–Crippen MR) is 101 cm³/mol. The topological polar surface area (TPSA) is 108 Å². The zero-order chi connectivity index (χ0) is 20.0. The summed E-state index contributed by atoms with van der Waals surface area (Å²) in [5.41, 5.74) is 7.92. The summed E-state index contributed by atoms with van der Waals surface area (Å²) in [6.07, 6.45) is 0. The van der Waals surface area contributed by atoms with Gasteiger partial charge in [0.05, 0.1) is 24.2 Å². The van der Waals surface area contributed by atoms with Crippen LogP contribution in [0.5, 0.6) is 5.75 Å².